The van der Waals surface area contributed by atoms with E-state index in [2.05, 4.69) is 37.3 Å². The van der Waals surface area contributed by atoms with E-state index in [0.717, 1.165) is 31.6 Å². The van der Waals surface area contributed by atoms with Gasteiger partial charge in [0.25, 0.3) is 0 Å². The lowest BCUT2D eigenvalue weighted by Gasteiger charge is -2.08. The SMILES string of the molecule is CCCc1cccc(OCCCOCc2ccccc2)c1. The molecule has 0 saturated carbocycles. The highest BCUT2D eigenvalue weighted by molar-refractivity contribution is 5.28. The van der Waals surface area contributed by atoms with Crippen LogP contribution >= 0.6 is 0 Å². The standard InChI is InChI=1S/C19H24O2/c1-2-8-17-11-6-12-19(15-17)21-14-7-13-20-16-18-9-4-3-5-10-18/h3-6,9-12,15H,2,7-8,13-14,16H2,1H3. The zero-order valence-electron chi connectivity index (χ0n) is 12.8. The molecule has 2 heteroatoms. The van der Waals surface area contributed by atoms with Gasteiger partial charge in [0.05, 0.1) is 19.8 Å². The van der Waals surface area contributed by atoms with Gasteiger partial charge in [-0.3, -0.25) is 0 Å². The molecule has 2 aromatic carbocycles. The number of aryl methyl sites for hydroxylation is 1. The predicted octanol–water partition coefficient (Wildman–Crippen LogP) is 4.62. The Morgan fingerprint density at radius 2 is 1.67 bits per heavy atom. The Morgan fingerprint density at radius 1 is 0.857 bits per heavy atom. The van der Waals surface area contributed by atoms with Gasteiger partial charge in [0.1, 0.15) is 5.75 Å². The molecule has 21 heavy (non-hydrogen) atoms. The summed E-state index contributed by atoms with van der Waals surface area (Å²) in [5.41, 5.74) is 2.56. The fraction of sp³-hybridized carbons (Fsp3) is 0.368. The summed E-state index contributed by atoms with van der Waals surface area (Å²) in [6, 6.07) is 18.6. The van der Waals surface area contributed by atoms with E-state index in [0.29, 0.717) is 13.2 Å². The summed E-state index contributed by atoms with van der Waals surface area (Å²) in [7, 11) is 0. The predicted molar refractivity (Wildman–Crippen MR) is 86.6 cm³/mol. The van der Waals surface area contributed by atoms with Crippen molar-refractivity contribution in [3.05, 3.63) is 65.7 Å². The molecule has 0 radical (unpaired) electrons. The molecular formula is C19H24O2. The first-order chi connectivity index (χ1) is 10.4. The number of hydrogen-bond acceptors (Lipinski definition) is 2. The van der Waals surface area contributed by atoms with E-state index < -0.39 is 0 Å². The van der Waals surface area contributed by atoms with Crippen LogP contribution in [0.1, 0.15) is 30.9 Å². The highest BCUT2D eigenvalue weighted by Crippen LogP contribution is 2.14. The van der Waals surface area contributed by atoms with Crippen molar-refractivity contribution < 1.29 is 9.47 Å². The van der Waals surface area contributed by atoms with Crippen LogP contribution in [0.4, 0.5) is 0 Å². The summed E-state index contributed by atoms with van der Waals surface area (Å²) in [5.74, 6) is 0.962. The van der Waals surface area contributed by atoms with Crippen molar-refractivity contribution >= 4 is 0 Å². The molecule has 0 N–H and O–H groups in total. The minimum absolute atomic E-state index is 0.673. The summed E-state index contributed by atoms with van der Waals surface area (Å²) in [6.07, 6.45) is 3.18. The van der Waals surface area contributed by atoms with Gasteiger partial charge in [-0.05, 0) is 29.7 Å². The van der Waals surface area contributed by atoms with Crippen LogP contribution in [0, 0.1) is 0 Å². The Hall–Kier alpha value is -1.80. The third kappa shape index (κ3) is 6.01. The number of rotatable bonds is 9. The third-order valence-electron chi connectivity index (χ3n) is 3.25. The van der Waals surface area contributed by atoms with Gasteiger partial charge in [-0.25, -0.2) is 0 Å². The van der Waals surface area contributed by atoms with E-state index in [1.54, 1.807) is 0 Å². The van der Waals surface area contributed by atoms with Crippen molar-refractivity contribution in [1.29, 1.82) is 0 Å². The van der Waals surface area contributed by atoms with E-state index in [1.807, 2.05) is 24.3 Å². The topological polar surface area (TPSA) is 18.5 Å². The summed E-state index contributed by atoms with van der Waals surface area (Å²) in [6.45, 7) is 4.29. The van der Waals surface area contributed by atoms with Crippen LogP contribution < -0.4 is 4.74 Å². The van der Waals surface area contributed by atoms with Crippen LogP contribution in [-0.2, 0) is 17.8 Å². The second-order valence-electron chi connectivity index (χ2n) is 5.14. The monoisotopic (exact) mass is 284 g/mol. The van der Waals surface area contributed by atoms with E-state index >= 15 is 0 Å². The second kappa shape index (κ2) is 9.19. The van der Waals surface area contributed by atoms with Crippen LogP contribution in [-0.4, -0.2) is 13.2 Å². The quantitative estimate of drug-likeness (QED) is 0.625. The lowest BCUT2D eigenvalue weighted by molar-refractivity contribution is 0.107. The lowest BCUT2D eigenvalue weighted by atomic mass is 10.1. The summed E-state index contributed by atoms with van der Waals surface area (Å²) >= 11 is 0. The normalized spacial score (nSPS) is 10.5. The van der Waals surface area contributed by atoms with Crippen molar-refractivity contribution in [1.82, 2.24) is 0 Å². The van der Waals surface area contributed by atoms with Gasteiger partial charge < -0.3 is 9.47 Å². The Morgan fingerprint density at radius 3 is 2.48 bits per heavy atom. The fourth-order valence-electron chi connectivity index (χ4n) is 2.19. The van der Waals surface area contributed by atoms with Crippen molar-refractivity contribution in [2.45, 2.75) is 32.8 Å². The highest BCUT2D eigenvalue weighted by atomic mass is 16.5. The van der Waals surface area contributed by atoms with Crippen LogP contribution in [0.25, 0.3) is 0 Å². The summed E-state index contributed by atoms with van der Waals surface area (Å²) in [4.78, 5) is 0. The molecule has 0 aliphatic carbocycles. The van der Waals surface area contributed by atoms with Crippen molar-refractivity contribution in [3.63, 3.8) is 0 Å². The molecular weight excluding hydrogens is 260 g/mol. The van der Waals surface area contributed by atoms with Gasteiger partial charge >= 0.3 is 0 Å². The number of ether oxygens (including phenoxy) is 2. The molecule has 0 aromatic heterocycles. The Bertz CT molecular complexity index is 508. The molecule has 0 fully saturated rings. The smallest absolute Gasteiger partial charge is 0.119 e. The Kier molecular flexibility index (Phi) is 6.82. The Labute approximate surface area is 127 Å². The molecule has 0 unspecified atom stereocenters. The minimum atomic E-state index is 0.673. The second-order valence-corrected chi connectivity index (χ2v) is 5.14. The van der Waals surface area contributed by atoms with Crippen molar-refractivity contribution in [2.75, 3.05) is 13.2 Å². The van der Waals surface area contributed by atoms with Gasteiger partial charge in [-0.2, -0.15) is 0 Å². The minimum Gasteiger partial charge on any atom is -0.493 e. The van der Waals surface area contributed by atoms with Crippen molar-refractivity contribution in [2.24, 2.45) is 0 Å². The summed E-state index contributed by atoms with van der Waals surface area (Å²) in [5, 5.41) is 0. The van der Waals surface area contributed by atoms with E-state index in [-0.39, 0.29) is 0 Å². The first-order valence-electron chi connectivity index (χ1n) is 7.72. The first-order valence-corrected chi connectivity index (χ1v) is 7.72. The zero-order valence-corrected chi connectivity index (χ0v) is 12.8. The maximum absolute atomic E-state index is 5.77. The number of benzene rings is 2. The molecule has 112 valence electrons. The largest absolute Gasteiger partial charge is 0.493 e. The van der Waals surface area contributed by atoms with Crippen LogP contribution in [0.3, 0.4) is 0 Å². The van der Waals surface area contributed by atoms with E-state index in [4.69, 9.17) is 9.47 Å². The zero-order chi connectivity index (χ0) is 14.8. The molecule has 2 aromatic rings. The molecule has 0 amide bonds. The van der Waals surface area contributed by atoms with Gasteiger partial charge in [0, 0.05) is 6.42 Å². The third-order valence-corrected chi connectivity index (χ3v) is 3.25. The molecule has 0 heterocycles. The molecule has 0 aliphatic heterocycles. The molecule has 2 nitrogen and oxygen atoms in total. The highest BCUT2D eigenvalue weighted by Gasteiger charge is 1.97. The molecule has 0 bridgehead atoms. The van der Waals surface area contributed by atoms with Crippen LogP contribution in [0.15, 0.2) is 54.6 Å². The van der Waals surface area contributed by atoms with Gasteiger partial charge in [0.15, 0.2) is 0 Å². The van der Waals surface area contributed by atoms with Gasteiger partial charge in [-0.15, -0.1) is 0 Å². The number of hydrogen-bond donors (Lipinski definition) is 0. The van der Waals surface area contributed by atoms with Gasteiger partial charge in [0.2, 0.25) is 0 Å². The van der Waals surface area contributed by atoms with Crippen molar-refractivity contribution in [3.8, 4) is 5.75 Å². The maximum atomic E-state index is 5.77. The molecule has 0 saturated heterocycles. The molecule has 0 aliphatic rings. The Balaban J connectivity index is 1.60. The molecule has 0 atom stereocenters. The lowest BCUT2D eigenvalue weighted by Crippen LogP contribution is -2.03. The average molecular weight is 284 g/mol. The molecule has 2 rings (SSSR count). The van der Waals surface area contributed by atoms with Crippen LogP contribution in [0.2, 0.25) is 0 Å². The first kappa shape index (κ1) is 15.6. The van der Waals surface area contributed by atoms with E-state index in [1.165, 1.54) is 11.1 Å². The van der Waals surface area contributed by atoms with Gasteiger partial charge in [-0.1, -0.05) is 55.8 Å². The fourth-order valence-corrected chi connectivity index (χ4v) is 2.19. The van der Waals surface area contributed by atoms with E-state index in [9.17, 15) is 0 Å². The van der Waals surface area contributed by atoms with Crippen LogP contribution in [0.5, 0.6) is 5.75 Å². The summed E-state index contributed by atoms with van der Waals surface area (Å²) < 4.78 is 11.4. The molecule has 0 spiro atoms. The average Bonchev–Trinajstić information content (AvgIpc) is 2.52. The maximum Gasteiger partial charge on any atom is 0.119 e.